The van der Waals surface area contributed by atoms with Crippen LogP contribution in [0.5, 0.6) is 0 Å². The molecule has 1 aliphatic carbocycles. The van der Waals surface area contributed by atoms with Crippen molar-refractivity contribution in [2.45, 2.75) is 57.3 Å². The Labute approximate surface area is 103 Å². The molecule has 4 nitrogen and oxygen atoms in total. The van der Waals surface area contributed by atoms with Crippen molar-refractivity contribution in [3.63, 3.8) is 0 Å². The van der Waals surface area contributed by atoms with E-state index < -0.39 is 0 Å². The lowest BCUT2D eigenvalue weighted by Gasteiger charge is -2.30. The molecule has 17 heavy (non-hydrogen) atoms. The fourth-order valence-electron chi connectivity index (χ4n) is 3.31. The lowest BCUT2D eigenvalue weighted by molar-refractivity contribution is -0.130. The first-order valence-electron chi connectivity index (χ1n) is 7.08. The number of nitrogens with one attached hydrogen (secondary N) is 1. The normalized spacial score (nSPS) is 34.9. The highest BCUT2D eigenvalue weighted by Gasteiger charge is 2.41. The highest BCUT2D eigenvalue weighted by atomic mass is 16.2. The second-order valence-electron chi connectivity index (χ2n) is 5.65. The number of likely N-dealkylation sites (tertiary alicyclic amines) is 1. The summed E-state index contributed by atoms with van der Waals surface area (Å²) in [5.41, 5.74) is 0. The van der Waals surface area contributed by atoms with E-state index in [2.05, 4.69) is 22.0 Å². The summed E-state index contributed by atoms with van der Waals surface area (Å²) in [5.74, 6) is 0.311. The molecule has 2 atom stereocenters. The van der Waals surface area contributed by atoms with Gasteiger partial charge in [0.1, 0.15) is 0 Å². The van der Waals surface area contributed by atoms with Gasteiger partial charge in [-0.05, 0) is 25.7 Å². The molecule has 2 unspecified atom stereocenters. The minimum atomic E-state index is 0.302. The smallest absolute Gasteiger partial charge is 0.238 e. The fraction of sp³-hybridized carbons (Fsp3) is 0.923. The van der Waals surface area contributed by atoms with Gasteiger partial charge in [0, 0.05) is 25.2 Å². The zero-order valence-electron chi connectivity index (χ0n) is 10.7. The minimum absolute atomic E-state index is 0.302. The lowest BCUT2D eigenvalue weighted by Crippen LogP contribution is -2.46. The van der Waals surface area contributed by atoms with Crippen LogP contribution in [0.1, 0.15) is 39.0 Å². The number of nitrogens with zero attached hydrogens (tertiary/aromatic N) is 2. The largest absolute Gasteiger partial charge is 0.322 e. The summed E-state index contributed by atoms with van der Waals surface area (Å²) < 4.78 is 0. The van der Waals surface area contributed by atoms with Crippen molar-refractivity contribution in [2.75, 3.05) is 19.6 Å². The summed E-state index contributed by atoms with van der Waals surface area (Å²) in [6.07, 6.45) is 6.45. The van der Waals surface area contributed by atoms with Crippen molar-refractivity contribution in [1.29, 1.82) is 0 Å². The molecular formula is C13H23N3O. The van der Waals surface area contributed by atoms with Crippen LogP contribution < -0.4 is 5.32 Å². The molecule has 4 heteroatoms. The third kappa shape index (κ3) is 2.20. The molecule has 0 spiro atoms. The van der Waals surface area contributed by atoms with Crippen LogP contribution in [0, 0.1) is 0 Å². The van der Waals surface area contributed by atoms with Crippen LogP contribution in [0.15, 0.2) is 0 Å². The molecule has 1 N–H and O–H groups in total. The second kappa shape index (κ2) is 4.58. The molecule has 0 aromatic carbocycles. The number of hydrogen-bond donors (Lipinski definition) is 1. The minimum Gasteiger partial charge on any atom is -0.322 e. The molecule has 3 aliphatic rings. The van der Waals surface area contributed by atoms with E-state index in [1.54, 1.807) is 0 Å². The average molecular weight is 237 g/mol. The molecule has 3 fully saturated rings. The van der Waals surface area contributed by atoms with Crippen LogP contribution in [-0.2, 0) is 4.79 Å². The Morgan fingerprint density at radius 1 is 1.29 bits per heavy atom. The highest BCUT2D eigenvalue weighted by molar-refractivity contribution is 5.81. The third-order valence-corrected chi connectivity index (χ3v) is 4.33. The van der Waals surface area contributed by atoms with Gasteiger partial charge in [0.05, 0.1) is 12.7 Å². The van der Waals surface area contributed by atoms with Crippen molar-refractivity contribution in [3.8, 4) is 0 Å². The maximum Gasteiger partial charge on any atom is 0.238 e. The van der Waals surface area contributed by atoms with Crippen LogP contribution in [-0.4, -0.2) is 53.6 Å². The molecule has 0 radical (unpaired) electrons. The molecule has 1 amide bonds. The number of hydrogen-bond acceptors (Lipinski definition) is 3. The summed E-state index contributed by atoms with van der Waals surface area (Å²) >= 11 is 0. The Hall–Kier alpha value is -0.610. The van der Waals surface area contributed by atoms with Crippen LogP contribution in [0.25, 0.3) is 0 Å². The van der Waals surface area contributed by atoms with Crippen LogP contribution in [0.2, 0.25) is 0 Å². The van der Waals surface area contributed by atoms with Gasteiger partial charge in [-0.3, -0.25) is 15.0 Å². The molecule has 1 saturated carbocycles. The Kier molecular flexibility index (Phi) is 3.09. The summed E-state index contributed by atoms with van der Waals surface area (Å²) in [4.78, 5) is 16.7. The Bertz CT molecular complexity index is 303. The monoisotopic (exact) mass is 237 g/mol. The van der Waals surface area contributed by atoms with Gasteiger partial charge in [-0.1, -0.05) is 13.3 Å². The van der Waals surface area contributed by atoms with Crippen molar-refractivity contribution < 1.29 is 4.79 Å². The van der Waals surface area contributed by atoms with Gasteiger partial charge in [-0.25, -0.2) is 0 Å². The van der Waals surface area contributed by atoms with E-state index >= 15 is 0 Å². The Morgan fingerprint density at radius 2 is 2.12 bits per heavy atom. The number of carbonyl (C=O) groups is 1. The van der Waals surface area contributed by atoms with E-state index in [-0.39, 0.29) is 0 Å². The first kappa shape index (κ1) is 11.5. The van der Waals surface area contributed by atoms with E-state index in [4.69, 9.17) is 0 Å². The summed E-state index contributed by atoms with van der Waals surface area (Å²) in [7, 11) is 0. The molecule has 96 valence electrons. The Balaban J connectivity index is 1.63. The van der Waals surface area contributed by atoms with Gasteiger partial charge in [-0.15, -0.1) is 0 Å². The SMILES string of the molecule is CCCC1NCC(=O)N1C1CCN(C2CC2)C1. The van der Waals surface area contributed by atoms with Crippen molar-refractivity contribution in [2.24, 2.45) is 0 Å². The average Bonchev–Trinajstić information content (AvgIpc) is 2.95. The predicted octanol–water partition coefficient (Wildman–Crippen LogP) is 0.781. The van der Waals surface area contributed by atoms with E-state index in [0.717, 1.165) is 25.4 Å². The van der Waals surface area contributed by atoms with Gasteiger partial charge in [0.15, 0.2) is 0 Å². The van der Waals surface area contributed by atoms with Crippen LogP contribution in [0.4, 0.5) is 0 Å². The van der Waals surface area contributed by atoms with Gasteiger partial charge in [0.25, 0.3) is 0 Å². The molecule has 0 aromatic heterocycles. The molecular weight excluding hydrogens is 214 g/mol. The van der Waals surface area contributed by atoms with Crippen LogP contribution in [0.3, 0.4) is 0 Å². The van der Waals surface area contributed by atoms with E-state index in [1.165, 1.54) is 25.8 Å². The molecule has 2 heterocycles. The van der Waals surface area contributed by atoms with Gasteiger partial charge >= 0.3 is 0 Å². The number of rotatable bonds is 4. The molecule has 0 aromatic rings. The first-order valence-corrected chi connectivity index (χ1v) is 7.08. The van der Waals surface area contributed by atoms with Gasteiger partial charge in [-0.2, -0.15) is 0 Å². The van der Waals surface area contributed by atoms with E-state index in [1.807, 2.05) is 0 Å². The number of carbonyl (C=O) groups excluding carboxylic acids is 1. The van der Waals surface area contributed by atoms with Gasteiger partial charge in [0.2, 0.25) is 5.91 Å². The molecule has 2 aliphatic heterocycles. The van der Waals surface area contributed by atoms with Crippen molar-refractivity contribution in [3.05, 3.63) is 0 Å². The third-order valence-electron chi connectivity index (χ3n) is 4.33. The standard InChI is InChI=1S/C13H23N3O/c1-2-3-12-14-8-13(17)16(12)11-6-7-15(9-11)10-4-5-10/h10-12,14H,2-9H2,1H3. The van der Waals surface area contributed by atoms with Crippen molar-refractivity contribution >= 4 is 5.91 Å². The summed E-state index contributed by atoms with van der Waals surface area (Å²) in [6.45, 7) is 5.04. The van der Waals surface area contributed by atoms with Gasteiger partial charge < -0.3 is 4.90 Å². The first-order chi connectivity index (χ1) is 8.29. The zero-order valence-corrected chi connectivity index (χ0v) is 10.7. The molecule has 0 bridgehead atoms. The van der Waals surface area contributed by atoms with Crippen LogP contribution >= 0.6 is 0 Å². The lowest BCUT2D eigenvalue weighted by atomic mass is 10.2. The second-order valence-corrected chi connectivity index (χ2v) is 5.65. The highest BCUT2D eigenvalue weighted by Crippen LogP contribution is 2.32. The molecule has 3 rings (SSSR count). The predicted molar refractivity (Wildman–Crippen MR) is 66.5 cm³/mol. The summed E-state index contributed by atoms with van der Waals surface area (Å²) in [5, 5.41) is 3.35. The fourth-order valence-corrected chi connectivity index (χ4v) is 3.31. The quantitative estimate of drug-likeness (QED) is 0.785. The topological polar surface area (TPSA) is 35.6 Å². The summed E-state index contributed by atoms with van der Waals surface area (Å²) in [6, 6.07) is 1.31. The number of amides is 1. The zero-order chi connectivity index (χ0) is 11.8. The maximum atomic E-state index is 12.0. The molecule has 2 saturated heterocycles. The Morgan fingerprint density at radius 3 is 2.82 bits per heavy atom. The van der Waals surface area contributed by atoms with E-state index in [9.17, 15) is 4.79 Å². The van der Waals surface area contributed by atoms with Crippen molar-refractivity contribution in [1.82, 2.24) is 15.1 Å². The maximum absolute atomic E-state index is 12.0. The van der Waals surface area contributed by atoms with E-state index in [0.29, 0.717) is 24.7 Å².